The minimum atomic E-state index is -0.311. The molecule has 0 atom stereocenters. The van der Waals surface area contributed by atoms with E-state index >= 15 is 0 Å². The maximum Gasteiger partial charge on any atom is 0.291 e. The van der Waals surface area contributed by atoms with Crippen LogP contribution in [0.4, 0.5) is 11.4 Å². The van der Waals surface area contributed by atoms with E-state index in [9.17, 15) is 9.59 Å². The molecule has 0 spiro atoms. The van der Waals surface area contributed by atoms with Crippen molar-refractivity contribution in [2.24, 2.45) is 0 Å². The molecular weight excluding hydrogens is 348 g/mol. The van der Waals surface area contributed by atoms with Gasteiger partial charge >= 0.3 is 0 Å². The maximum absolute atomic E-state index is 12.1. The Hall–Kier alpha value is -2.99. The lowest BCUT2D eigenvalue weighted by Crippen LogP contribution is -2.15. The van der Waals surface area contributed by atoms with E-state index in [1.165, 1.54) is 18.0 Å². The number of furan rings is 1. The number of carbonyl (C=O) groups is 2. The molecule has 2 amide bonds. The average Bonchev–Trinajstić information content (AvgIpc) is 3.18. The second-order valence-corrected chi connectivity index (χ2v) is 6.66. The zero-order chi connectivity index (χ0) is 18.4. The van der Waals surface area contributed by atoms with Crippen LogP contribution in [0.2, 0.25) is 0 Å². The lowest BCUT2D eigenvalue weighted by atomic mass is 10.1. The van der Waals surface area contributed by atoms with Crippen LogP contribution in [0.5, 0.6) is 0 Å². The van der Waals surface area contributed by atoms with E-state index in [1.54, 1.807) is 24.3 Å². The van der Waals surface area contributed by atoms with Gasteiger partial charge in [0.2, 0.25) is 5.91 Å². The molecule has 2 N–H and O–H groups in total. The third kappa shape index (κ3) is 4.77. The summed E-state index contributed by atoms with van der Waals surface area (Å²) in [5.41, 5.74) is 2.21. The second kappa shape index (κ2) is 8.40. The van der Waals surface area contributed by atoms with Crippen LogP contribution in [0.1, 0.15) is 16.1 Å². The first kappa shape index (κ1) is 17.8. The molecule has 2 aromatic carbocycles. The van der Waals surface area contributed by atoms with E-state index in [2.05, 4.69) is 10.6 Å². The van der Waals surface area contributed by atoms with Crippen LogP contribution in [0.3, 0.4) is 0 Å². The molecule has 3 rings (SSSR count). The summed E-state index contributed by atoms with van der Waals surface area (Å²) in [7, 11) is 0. The number of rotatable bonds is 6. The molecule has 6 heteroatoms. The van der Waals surface area contributed by atoms with Crippen molar-refractivity contribution in [3.8, 4) is 0 Å². The summed E-state index contributed by atoms with van der Waals surface area (Å²) < 4.78 is 5.08. The van der Waals surface area contributed by atoms with E-state index in [4.69, 9.17) is 4.42 Å². The number of benzene rings is 2. The summed E-state index contributed by atoms with van der Waals surface area (Å²) in [5.74, 6) is 0.194. The van der Waals surface area contributed by atoms with Crippen molar-refractivity contribution in [1.29, 1.82) is 0 Å². The van der Waals surface area contributed by atoms with Gasteiger partial charge in [0.15, 0.2) is 5.76 Å². The molecule has 0 aliphatic rings. The zero-order valence-corrected chi connectivity index (χ0v) is 15.0. The Bertz CT molecular complexity index is 893. The molecular formula is C20H18N2O3S. The normalized spacial score (nSPS) is 10.3. The second-order valence-electron chi connectivity index (χ2n) is 5.61. The molecule has 0 bridgehead atoms. The van der Waals surface area contributed by atoms with Crippen LogP contribution in [-0.4, -0.2) is 17.6 Å². The molecule has 0 aliphatic heterocycles. The highest BCUT2D eigenvalue weighted by atomic mass is 32.2. The molecule has 0 radical (unpaired) electrons. The van der Waals surface area contributed by atoms with Crippen LogP contribution >= 0.6 is 11.8 Å². The summed E-state index contributed by atoms with van der Waals surface area (Å²) in [6.45, 7) is 1.87. The van der Waals surface area contributed by atoms with E-state index in [0.29, 0.717) is 17.1 Å². The fraction of sp³-hybridized carbons (Fsp3) is 0.100. The van der Waals surface area contributed by atoms with E-state index in [1.807, 2.05) is 43.3 Å². The molecule has 1 aromatic heterocycles. The number of thioether (sulfide) groups is 1. The lowest BCUT2D eigenvalue weighted by molar-refractivity contribution is -0.113. The van der Waals surface area contributed by atoms with Gasteiger partial charge in [-0.15, -0.1) is 11.8 Å². The lowest BCUT2D eigenvalue weighted by Gasteiger charge is -2.10. The monoisotopic (exact) mass is 366 g/mol. The van der Waals surface area contributed by atoms with Gasteiger partial charge in [-0.05, 0) is 55.0 Å². The molecule has 0 aliphatic carbocycles. The fourth-order valence-electron chi connectivity index (χ4n) is 2.34. The summed E-state index contributed by atoms with van der Waals surface area (Å²) in [5, 5.41) is 5.66. The molecule has 1 heterocycles. The van der Waals surface area contributed by atoms with Gasteiger partial charge in [-0.1, -0.05) is 18.2 Å². The standard InChI is InChI=1S/C20H18N2O3S/c1-14-12-15(21-19(23)13-26-16-6-3-2-4-7-16)9-10-17(14)22-20(24)18-8-5-11-25-18/h2-12H,13H2,1H3,(H,21,23)(H,22,24). The highest BCUT2D eigenvalue weighted by molar-refractivity contribution is 8.00. The molecule has 0 fully saturated rings. The largest absolute Gasteiger partial charge is 0.459 e. The first-order valence-corrected chi connectivity index (χ1v) is 9.03. The number of anilines is 2. The van der Waals surface area contributed by atoms with Crippen molar-refractivity contribution < 1.29 is 14.0 Å². The predicted octanol–water partition coefficient (Wildman–Crippen LogP) is 4.57. The fourth-order valence-corrected chi connectivity index (χ4v) is 3.06. The van der Waals surface area contributed by atoms with Crippen LogP contribution in [0.25, 0.3) is 0 Å². The van der Waals surface area contributed by atoms with Gasteiger partial charge in [-0.25, -0.2) is 0 Å². The number of amides is 2. The number of hydrogen-bond acceptors (Lipinski definition) is 4. The predicted molar refractivity (Wildman–Crippen MR) is 104 cm³/mol. The minimum Gasteiger partial charge on any atom is -0.459 e. The van der Waals surface area contributed by atoms with E-state index in [0.717, 1.165) is 10.5 Å². The van der Waals surface area contributed by atoms with Gasteiger partial charge in [-0.3, -0.25) is 9.59 Å². The van der Waals surface area contributed by atoms with Crippen LogP contribution in [-0.2, 0) is 4.79 Å². The Kier molecular flexibility index (Phi) is 5.76. The summed E-state index contributed by atoms with van der Waals surface area (Å²) >= 11 is 1.48. The smallest absolute Gasteiger partial charge is 0.291 e. The third-order valence-electron chi connectivity index (χ3n) is 3.62. The Morgan fingerprint density at radius 2 is 1.81 bits per heavy atom. The number of hydrogen-bond donors (Lipinski definition) is 2. The maximum atomic E-state index is 12.1. The minimum absolute atomic E-state index is 0.0781. The number of carbonyl (C=O) groups excluding carboxylic acids is 2. The van der Waals surface area contributed by atoms with E-state index in [-0.39, 0.29) is 17.6 Å². The third-order valence-corrected chi connectivity index (χ3v) is 4.63. The molecule has 26 heavy (non-hydrogen) atoms. The van der Waals surface area contributed by atoms with Crippen molar-refractivity contribution >= 4 is 35.0 Å². The van der Waals surface area contributed by atoms with Crippen molar-refractivity contribution in [2.45, 2.75) is 11.8 Å². The van der Waals surface area contributed by atoms with Gasteiger partial charge < -0.3 is 15.1 Å². The molecule has 5 nitrogen and oxygen atoms in total. The quantitative estimate of drug-likeness (QED) is 0.627. The van der Waals surface area contributed by atoms with Crippen molar-refractivity contribution in [1.82, 2.24) is 0 Å². The molecule has 0 saturated heterocycles. The van der Waals surface area contributed by atoms with Crippen molar-refractivity contribution in [3.63, 3.8) is 0 Å². The summed E-state index contributed by atoms with van der Waals surface area (Å²) in [4.78, 5) is 25.2. The van der Waals surface area contributed by atoms with Crippen LogP contribution in [0.15, 0.2) is 76.2 Å². The Morgan fingerprint density at radius 3 is 2.50 bits per heavy atom. The molecule has 0 saturated carbocycles. The average molecular weight is 366 g/mol. The zero-order valence-electron chi connectivity index (χ0n) is 14.2. The molecule has 0 unspecified atom stereocenters. The first-order chi connectivity index (χ1) is 12.6. The van der Waals surface area contributed by atoms with Gasteiger partial charge in [0, 0.05) is 16.3 Å². The van der Waals surface area contributed by atoms with Gasteiger partial charge in [0.05, 0.1) is 12.0 Å². The van der Waals surface area contributed by atoms with Crippen molar-refractivity contribution in [3.05, 3.63) is 78.3 Å². The Labute approximate surface area is 155 Å². The number of aryl methyl sites for hydroxylation is 1. The van der Waals surface area contributed by atoms with Gasteiger partial charge in [0.1, 0.15) is 0 Å². The van der Waals surface area contributed by atoms with Crippen molar-refractivity contribution in [2.75, 3.05) is 16.4 Å². The summed E-state index contributed by atoms with van der Waals surface area (Å²) in [6, 6.07) is 18.4. The topological polar surface area (TPSA) is 71.3 Å². The highest BCUT2D eigenvalue weighted by Crippen LogP contribution is 2.22. The van der Waals surface area contributed by atoms with E-state index < -0.39 is 0 Å². The Morgan fingerprint density at radius 1 is 1.00 bits per heavy atom. The van der Waals surface area contributed by atoms with Gasteiger partial charge in [0.25, 0.3) is 5.91 Å². The Balaban J connectivity index is 1.57. The first-order valence-electron chi connectivity index (χ1n) is 8.05. The number of nitrogens with one attached hydrogen (secondary N) is 2. The van der Waals surface area contributed by atoms with Gasteiger partial charge in [-0.2, -0.15) is 0 Å². The molecule has 132 valence electrons. The van der Waals surface area contributed by atoms with Crippen LogP contribution in [0, 0.1) is 6.92 Å². The molecule has 3 aromatic rings. The summed E-state index contributed by atoms with van der Waals surface area (Å²) in [6.07, 6.45) is 1.45. The highest BCUT2D eigenvalue weighted by Gasteiger charge is 2.11. The SMILES string of the molecule is Cc1cc(NC(=O)CSc2ccccc2)ccc1NC(=O)c1ccco1. The van der Waals surface area contributed by atoms with Crippen LogP contribution < -0.4 is 10.6 Å².